The van der Waals surface area contributed by atoms with Crippen LogP contribution in [0, 0.1) is 6.92 Å². The highest BCUT2D eigenvalue weighted by Gasteiger charge is 2.24. The second-order valence-electron chi connectivity index (χ2n) is 9.01. The van der Waals surface area contributed by atoms with Crippen molar-refractivity contribution < 1.29 is 13.9 Å². The second kappa shape index (κ2) is 8.99. The van der Waals surface area contributed by atoms with Gasteiger partial charge in [-0.05, 0) is 45.0 Å². The van der Waals surface area contributed by atoms with E-state index in [0.717, 1.165) is 24.2 Å². The number of ether oxygens (including phenoxy) is 1. The third-order valence-corrected chi connectivity index (χ3v) is 6.14. The van der Waals surface area contributed by atoms with E-state index in [1.165, 1.54) is 13.2 Å². The second-order valence-corrected chi connectivity index (χ2v) is 9.01. The number of methoxy groups -OCH3 is 1. The number of anilines is 2. The first-order valence-corrected chi connectivity index (χ1v) is 11.5. The lowest BCUT2D eigenvalue weighted by atomic mass is 10.0. The summed E-state index contributed by atoms with van der Waals surface area (Å²) in [5.74, 6) is 0.173. The first kappa shape index (κ1) is 22.8. The lowest BCUT2D eigenvalue weighted by molar-refractivity contribution is 0.102. The number of rotatable bonds is 4. The Hall–Kier alpha value is -3.98. The Morgan fingerprint density at radius 3 is 2.66 bits per heavy atom. The lowest BCUT2D eigenvalue weighted by Crippen LogP contribution is -2.54. The number of nitrogens with one attached hydrogen (secondary N) is 2. The molecular formula is C26H27N5O4. The van der Waals surface area contributed by atoms with Crippen LogP contribution >= 0.6 is 0 Å². The van der Waals surface area contributed by atoms with Crippen LogP contribution in [0.1, 0.15) is 30.0 Å². The summed E-state index contributed by atoms with van der Waals surface area (Å²) < 4.78 is 10.9. The molecule has 2 N–H and O–H groups in total. The Labute approximate surface area is 202 Å². The quantitative estimate of drug-likeness (QED) is 0.464. The molecule has 0 unspecified atom stereocenters. The minimum absolute atomic E-state index is 0.122. The fourth-order valence-corrected chi connectivity index (χ4v) is 4.72. The number of nitrogens with zero attached hydrogens (tertiary/aromatic N) is 3. The molecule has 4 aromatic rings. The van der Waals surface area contributed by atoms with Gasteiger partial charge in [-0.3, -0.25) is 9.59 Å². The predicted molar refractivity (Wildman–Crippen MR) is 136 cm³/mol. The Morgan fingerprint density at radius 1 is 1.14 bits per heavy atom. The molecule has 0 spiro atoms. The molecule has 9 nitrogen and oxygen atoms in total. The molecule has 0 saturated carbocycles. The largest absolute Gasteiger partial charge is 0.467 e. The van der Waals surface area contributed by atoms with Gasteiger partial charge in [-0.1, -0.05) is 0 Å². The summed E-state index contributed by atoms with van der Waals surface area (Å²) >= 11 is 0. The topological polar surface area (TPSA) is 110 Å². The van der Waals surface area contributed by atoms with Crippen LogP contribution in [0.3, 0.4) is 0 Å². The number of hydrogen-bond acceptors (Lipinski definition) is 8. The van der Waals surface area contributed by atoms with Gasteiger partial charge >= 0.3 is 6.01 Å². The van der Waals surface area contributed by atoms with Crippen LogP contribution in [0.25, 0.3) is 21.9 Å². The maximum absolute atomic E-state index is 13.4. The fraction of sp³-hybridized carbons (Fsp3) is 0.308. The average molecular weight is 474 g/mol. The van der Waals surface area contributed by atoms with Gasteiger partial charge in [0, 0.05) is 60.3 Å². The van der Waals surface area contributed by atoms with Crippen molar-refractivity contribution in [3.63, 3.8) is 0 Å². The highest BCUT2D eigenvalue weighted by molar-refractivity contribution is 6.14. The van der Waals surface area contributed by atoms with E-state index < -0.39 is 0 Å². The van der Waals surface area contributed by atoms with E-state index in [1.54, 1.807) is 37.4 Å². The van der Waals surface area contributed by atoms with E-state index in [2.05, 4.69) is 39.3 Å². The smallest absolute Gasteiger partial charge is 0.316 e. The van der Waals surface area contributed by atoms with Crippen molar-refractivity contribution in [2.24, 2.45) is 0 Å². The minimum atomic E-state index is -0.335. The van der Waals surface area contributed by atoms with Crippen molar-refractivity contribution in [3.05, 3.63) is 64.1 Å². The van der Waals surface area contributed by atoms with Crippen molar-refractivity contribution in [1.29, 1.82) is 0 Å². The number of benzene rings is 2. The van der Waals surface area contributed by atoms with Crippen LogP contribution in [0.5, 0.6) is 6.01 Å². The molecule has 0 radical (unpaired) electrons. The molecule has 1 fully saturated rings. The predicted octanol–water partition coefficient (Wildman–Crippen LogP) is 3.49. The molecule has 180 valence electrons. The molecule has 1 aliphatic heterocycles. The van der Waals surface area contributed by atoms with Crippen molar-refractivity contribution in [2.75, 3.05) is 30.4 Å². The number of carbonyl (C=O) groups excluding carboxylic acids is 1. The molecule has 0 bridgehead atoms. The van der Waals surface area contributed by atoms with Crippen molar-refractivity contribution in [2.45, 2.75) is 32.9 Å². The van der Waals surface area contributed by atoms with E-state index in [1.807, 2.05) is 6.07 Å². The SMILES string of the molecule is COc1ncc2c(N3C[C@@H](C)N[C@H](C)C3)ccc(C(=O)Nc3ccc4c(=O)cc(C)oc4c3)c2n1. The van der Waals surface area contributed by atoms with Crippen LogP contribution in [-0.2, 0) is 0 Å². The number of aryl methyl sites for hydroxylation is 1. The molecule has 0 aliphatic carbocycles. The van der Waals surface area contributed by atoms with Crippen LogP contribution in [0.15, 0.2) is 51.8 Å². The highest BCUT2D eigenvalue weighted by atomic mass is 16.5. The van der Waals surface area contributed by atoms with Crippen LogP contribution in [0.2, 0.25) is 0 Å². The zero-order chi connectivity index (χ0) is 24.7. The number of fused-ring (bicyclic) bond motifs is 2. The third-order valence-electron chi connectivity index (χ3n) is 6.14. The maximum Gasteiger partial charge on any atom is 0.316 e. The molecule has 2 aromatic carbocycles. The van der Waals surface area contributed by atoms with Crippen LogP contribution in [0.4, 0.5) is 11.4 Å². The van der Waals surface area contributed by atoms with Crippen molar-refractivity contribution >= 4 is 39.2 Å². The first-order chi connectivity index (χ1) is 16.8. The molecule has 35 heavy (non-hydrogen) atoms. The molecular weight excluding hydrogens is 446 g/mol. The summed E-state index contributed by atoms with van der Waals surface area (Å²) in [7, 11) is 1.50. The van der Waals surface area contributed by atoms with E-state index in [9.17, 15) is 9.59 Å². The van der Waals surface area contributed by atoms with Crippen LogP contribution in [-0.4, -0.2) is 48.2 Å². The summed E-state index contributed by atoms with van der Waals surface area (Å²) in [6.45, 7) is 7.68. The summed E-state index contributed by atoms with van der Waals surface area (Å²) in [6, 6.07) is 11.0. The van der Waals surface area contributed by atoms with Gasteiger partial charge < -0.3 is 24.7 Å². The molecule has 3 heterocycles. The Balaban J connectivity index is 1.54. The summed E-state index contributed by atoms with van der Waals surface area (Å²) in [5.41, 5.74) is 2.68. The normalized spacial score (nSPS) is 18.1. The molecule has 5 rings (SSSR count). The molecule has 1 saturated heterocycles. The molecule has 2 atom stereocenters. The zero-order valence-electron chi connectivity index (χ0n) is 20.1. The van der Waals surface area contributed by atoms with Gasteiger partial charge in [0.25, 0.3) is 5.91 Å². The van der Waals surface area contributed by atoms with E-state index >= 15 is 0 Å². The van der Waals surface area contributed by atoms with E-state index in [-0.39, 0.29) is 17.3 Å². The third kappa shape index (κ3) is 4.42. The molecule has 9 heteroatoms. The number of carbonyl (C=O) groups is 1. The van der Waals surface area contributed by atoms with Gasteiger partial charge in [-0.25, -0.2) is 4.98 Å². The average Bonchev–Trinajstić information content (AvgIpc) is 2.81. The van der Waals surface area contributed by atoms with Gasteiger partial charge in [-0.2, -0.15) is 4.98 Å². The molecule has 1 amide bonds. The minimum Gasteiger partial charge on any atom is -0.467 e. The summed E-state index contributed by atoms with van der Waals surface area (Å²) in [6.07, 6.45) is 1.71. The molecule has 1 aliphatic rings. The summed E-state index contributed by atoms with van der Waals surface area (Å²) in [5, 5.41) is 7.68. The number of piperazine rings is 1. The van der Waals surface area contributed by atoms with Crippen molar-refractivity contribution in [1.82, 2.24) is 15.3 Å². The maximum atomic E-state index is 13.4. The molecule has 2 aromatic heterocycles. The standard InChI is InChI=1S/C26H27N5O4/c1-14-12-31(13-15(2)28-14)21-8-7-19(24-20(21)11-27-26(30-24)34-4)25(33)29-17-5-6-18-22(32)9-16(3)35-23(18)10-17/h5-11,14-15,28H,12-13H2,1-4H3,(H,29,33)/t14-,15-/m1/s1. The monoisotopic (exact) mass is 473 g/mol. The number of aromatic nitrogens is 2. The number of hydrogen-bond donors (Lipinski definition) is 2. The lowest BCUT2D eigenvalue weighted by Gasteiger charge is -2.38. The van der Waals surface area contributed by atoms with Crippen LogP contribution < -0.4 is 25.7 Å². The first-order valence-electron chi connectivity index (χ1n) is 11.5. The Bertz CT molecular complexity index is 1490. The summed E-state index contributed by atoms with van der Waals surface area (Å²) in [4.78, 5) is 36.7. The Morgan fingerprint density at radius 2 is 1.91 bits per heavy atom. The van der Waals surface area contributed by atoms with Gasteiger partial charge in [0.15, 0.2) is 5.43 Å². The van der Waals surface area contributed by atoms with Gasteiger partial charge in [0.05, 0.1) is 23.6 Å². The number of amides is 1. The van der Waals surface area contributed by atoms with E-state index in [4.69, 9.17) is 9.15 Å². The van der Waals surface area contributed by atoms with E-state index in [0.29, 0.717) is 45.6 Å². The fourth-order valence-electron chi connectivity index (χ4n) is 4.72. The van der Waals surface area contributed by atoms with Gasteiger partial charge in [0.2, 0.25) is 0 Å². The van der Waals surface area contributed by atoms with Crippen molar-refractivity contribution in [3.8, 4) is 6.01 Å². The Kier molecular flexibility index (Phi) is 5.86. The van der Waals surface area contributed by atoms with Gasteiger partial charge in [0.1, 0.15) is 11.3 Å². The highest BCUT2D eigenvalue weighted by Crippen LogP contribution is 2.31. The zero-order valence-corrected chi connectivity index (χ0v) is 20.1. The van der Waals surface area contributed by atoms with Gasteiger partial charge in [-0.15, -0.1) is 0 Å².